The number of ether oxygens (including phenoxy) is 2. The van der Waals surface area contributed by atoms with E-state index in [4.69, 9.17) is 13.9 Å². The van der Waals surface area contributed by atoms with E-state index < -0.39 is 35.8 Å². The van der Waals surface area contributed by atoms with Crippen molar-refractivity contribution in [1.29, 1.82) is 0 Å². The number of esters is 2. The number of nitrogens with one attached hydrogen (secondary N) is 2. The Morgan fingerprint density at radius 1 is 0.529 bits per heavy atom. The molecule has 10 nitrogen and oxygen atoms in total. The molecule has 0 aliphatic carbocycles. The van der Waals surface area contributed by atoms with Crippen LogP contribution in [0.4, 0.5) is 0 Å². The fourth-order valence-corrected chi connectivity index (χ4v) is 5.21. The van der Waals surface area contributed by atoms with E-state index in [1.165, 1.54) is 0 Å². The molecule has 0 aliphatic heterocycles. The molecule has 0 aliphatic rings. The predicted molar refractivity (Wildman–Crippen MR) is 188 cm³/mol. The first kappa shape index (κ1) is 34.1. The molecule has 6 aromatic rings. The number of carbonyl (C=O) groups is 4. The Morgan fingerprint density at radius 3 is 1.37 bits per heavy atom. The van der Waals surface area contributed by atoms with Crippen molar-refractivity contribution in [2.24, 2.45) is 0 Å². The van der Waals surface area contributed by atoms with Crippen LogP contribution in [0.15, 0.2) is 156 Å². The van der Waals surface area contributed by atoms with Crippen LogP contribution in [0, 0.1) is 0 Å². The van der Waals surface area contributed by atoms with Gasteiger partial charge in [-0.15, -0.1) is 0 Å². The number of hydrogen-bond donors (Lipinski definition) is 2. The summed E-state index contributed by atoms with van der Waals surface area (Å²) in [4.78, 5) is 57.8. The van der Waals surface area contributed by atoms with E-state index in [0.717, 1.165) is 0 Å². The number of amides is 2. The Morgan fingerprint density at radius 2 is 0.922 bits per heavy atom. The van der Waals surface area contributed by atoms with Crippen molar-refractivity contribution in [1.82, 2.24) is 15.6 Å². The molecule has 0 radical (unpaired) electrons. The van der Waals surface area contributed by atoms with Crippen LogP contribution in [0.3, 0.4) is 0 Å². The summed E-state index contributed by atoms with van der Waals surface area (Å²) in [5.41, 5.74) is 2.67. The number of nitrogens with zero attached hydrogens (tertiary/aromatic N) is 1. The van der Waals surface area contributed by atoms with E-state index in [9.17, 15) is 19.2 Å². The summed E-state index contributed by atoms with van der Waals surface area (Å²) in [5.74, 6) is -2.01. The first-order valence-electron chi connectivity index (χ1n) is 16.2. The fraction of sp³-hybridized carbons (Fsp3) is 0.0976. The molecule has 10 heteroatoms. The molecule has 0 fully saturated rings. The lowest BCUT2D eigenvalue weighted by Gasteiger charge is -2.19. The maximum Gasteiger partial charge on any atom is 0.333 e. The maximum absolute atomic E-state index is 13.6. The Balaban J connectivity index is 1.21. The zero-order valence-corrected chi connectivity index (χ0v) is 27.3. The van der Waals surface area contributed by atoms with Gasteiger partial charge in [-0.25, -0.2) is 14.6 Å². The normalized spacial score (nSPS) is 11.8. The third-order valence-electron chi connectivity index (χ3n) is 7.86. The van der Waals surface area contributed by atoms with Crippen molar-refractivity contribution in [3.8, 4) is 11.5 Å². The lowest BCUT2D eigenvalue weighted by molar-refractivity contribution is -0.149. The molecule has 2 atom stereocenters. The van der Waals surface area contributed by atoms with E-state index >= 15 is 0 Å². The van der Waals surface area contributed by atoms with E-state index in [-0.39, 0.29) is 30.6 Å². The number of rotatable bonds is 13. The quantitative estimate of drug-likeness (QED) is 0.128. The zero-order chi connectivity index (χ0) is 35.4. The minimum Gasteiger partial charge on any atom is -0.457 e. The van der Waals surface area contributed by atoms with Crippen LogP contribution in [-0.2, 0) is 32.3 Å². The Bertz CT molecular complexity index is 1940. The molecule has 5 aromatic carbocycles. The highest BCUT2D eigenvalue weighted by molar-refractivity contribution is 5.97. The lowest BCUT2D eigenvalue weighted by Crippen LogP contribution is -2.35. The van der Waals surface area contributed by atoms with E-state index in [0.29, 0.717) is 27.8 Å². The van der Waals surface area contributed by atoms with Gasteiger partial charge in [0.1, 0.15) is 12.3 Å². The van der Waals surface area contributed by atoms with Crippen molar-refractivity contribution in [2.75, 3.05) is 0 Å². The van der Waals surface area contributed by atoms with Gasteiger partial charge in [0, 0.05) is 16.7 Å². The SMILES string of the molecule is O=C(N[C@H](C(=O)OCc1nc(-c2ccccc2)oc1COC(=O)[C@H](NC(=O)c1ccccc1)c1ccccc1)c1ccccc1)c1ccccc1. The molecule has 1 aromatic heterocycles. The Kier molecular flexibility index (Phi) is 11.0. The van der Waals surface area contributed by atoms with E-state index in [1.54, 1.807) is 133 Å². The number of aromatic nitrogens is 1. The number of carbonyl (C=O) groups excluding carboxylic acids is 4. The van der Waals surface area contributed by atoms with Crippen molar-refractivity contribution in [3.63, 3.8) is 0 Å². The second-order valence-corrected chi connectivity index (χ2v) is 11.3. The van der Waals surface area contributed by atoms with Gasteiger partial charge in [0.25, 0.3) is 11.8 Å². The average molecular weight is 680 g/mol. The number of hydrogen-bond acceptors (Lipinski definition) is 8. The summed E-state index contributed by atoms with van der Waals surface area (Å²) >= 11 is 0. The van der Waals surface area contributed by atoms with Gasteiger partial charge >= 0.3 is 11.9 Å². The fourth-order valence-electron chi connectivity index (χ4n) is 5.21. The van der Waals surface area contributed by atoms with Gasteiger partial charge in [-0.1, -0.05) is 115 Å². The summed E-state index contributed by atoms with van der Waals surface area (Å²) in [6.07, 6.45) is 0. The molecular weight excluding hydrogens is 646 g/mol. The third kappa shape index (κ3) is 8.81. The largest absolute Gasteiger partial charge is 0.457 e. The van der Waals surface area contributed by atoms with Gasteiger partial charge in [-0.3, -0.25) is 9.59 Å². The number of benzene rings is 5. The van der Waals surface area contributed by atoms with E-state index in [2.05, 4.69) is 15.6 Å². The Hall–Kier alpha value is -6.81. The molecule has 0 bridgehead atoms. The highest BCUT2D eigenvalue weighted by atomic mass is 16.5. The van der Waals surface area contributed by atoms with Gasteiger partial charge in [0.2, 0.25) is 5.89 Å². The first-order valence-corrected chi connectivity index (χ1v) is 16.2. The minimum absolute atomic E-state index is 0.140. The summed E-state index contributed by atoms with van der Waals surface area (Å²) in [7, 11) is 0. The topological polar surface area (TPSA) is 137 Å². The molecule has 0 saturated carbocycles. The van der Waals surface area contributed by atoms with Gasteiger partial charge in [0.05, 0.1) is 0 Å². The van der Waals surface area contributed by atoms with Crippen LogP contribution in [-0.4, -0.2) is 28.7 Å². The van der Waals surface area contributed by atoms with Crippen molar-refractivity contribution < 1.29 is 33.1 Å². The van der Waals surface area contributed by atoms with Crippen LogP contribution in [0.5, 0.6) is 0 Å². The van der Waals surface area contributed by atoms with Gasteiger partial charge in [0.15, 0.2) is 24.5 Å². The second kappa shape index (κ2) is 16.5. The second-order valence-electron chi connectivity index (χ2n) is 11.3. The number of oxazole rings is 1. The van der Waals surface area contributed by atoms with E-state index in [1.807, 2.05) is 18.2 Å². The summed E-state index contributed by atoms with van der Waals surface area (Å²) in [6, 6.07) is 41.4. The summed E-state index contributed by atoms with van der Waals surface area (Å²) < 4.78 is 17.5. The lowest BCUT2D eigenvalue weighted by atomic mass is 10.1. The molecule has 1 heterocycles. The van der Waals surface area contributed by atoms with Crippen LogP contribution < -0.4 is 10.6 Å². The van der Waals surface area contributed by atoms with Crippen LogP contribution in [0.2, 0.25) is 0 Å². The highest BCUT2D eigenvalue weighted by Gasteiger charge is 2.28. The maximum atomic E-state index is 13.6. The third-order valence-corrected chi connectivity index (χ3v) is 7.86. The van der Waals surface area contributed by atoms with Crippen molar-refractivity contribution in [3.05, 3.63) is 185 Å². The summed E-state index contributed by atoms with van der Waals surface area (Å²) in [5, 5.41) is 5.53. The first-order chi connectivity index (χ1) is 25.0. The molecule has 6 rings (SSSR count). The van der Waals surface area contributed by atoms with Crippen LogP contribution in [0.25, 0.3) is 11.5 Å². The molecule has 0 saturated heterocycles. The standard InChI is InChI=1S/C41H33N3O7/c45-37(30-20-10-3-11-21-30)43-35(28-16-6-1-7-17-28)40(47)49-26-33-34(51-39(42-33)32-24-14-5-15-25-32)27-50-41(48)36(29-18-8-2-9-19-29)44-38(46)31-22-12-4-13-23-31/h1-25,35-36H,26-27H2,(H,43,45)(H,44,46)/t35-,36+/m0/s1. The van der Waals surface area contributed by atoms with Gasteiger partial charge in [-0.05, 0) is 47.5 Å². The smallest absolute Gasteiger partial charge is 0.333 e. The van der Waals surface area contributed by atoms with Crippen molar-refractivity contribution in [2.45, 2.75) is 25.3 Å². The van der Waals surface area contributed by atoms with Crippen LogP contribution >= 0.6 is 0 Å². The zero-order valence-electron chi connectivity index (χ0n) is 27.3. The van der Waals surface area contributed by atoms with Crippen LogP contribution in [0.1, 0.15) is 55.4 Å². The minimum atomic E-state index is -1.13. The molecule has 2 N–H and O–H groups in total. The molecule has 2 amide bonds. The highest BCUT2D eigenvalue weighted by Crippen LogP contribution is 2.25. The summed E-state index contributed by atoms with van der Waals surface area (Å²) in [6.45, 7) is -0.720. The molecule has 254 valence electrons. The average Bonchev–Trinajstić information content (AvgIpc) is 3.61. The van der Waals surface area contributed by atoms with Gasteiger partial charge in [-0.2, -0.15) is 0 Å². The van der Waals surface area contributed by atoms with Crippen molar-refractivity contribution >= 4 is 23.8 Å². The molecule has 51 heavy (non-hydrogen) atoms. The predicted octanol–water partition coefficient (Wildman–Crippen LogP) is 6.77. The Labute approximate surface area is 294 Å². The molecule has 0 unspecified atom stereocenters. The molecular formula is C41H33N3O7. The van der Waals surface area contributed by atoms with Gasteiger partial charge < -0.3 is 24.5 Å². The monoisotopic (exact) mass is 679 g/mol. The molecule has 0 spiro atoms.